The second kappa shape index (κ2) is 10.1. The Morgan fingerprint density at radius 2 is 1.95 bits per heavy atom. The Hall–Kier alpha value is -1.79. The maximum Gasteiger partial charge on any atom is 0.319 e. The van der Waals surface area contributed by atoms with E-state index in [1.54, 1.807) is 26.4 Å². The average molecular weight is 282 g/mol. The highest BCUT2D eigenvalue weighted by atomic mass is 16.5. The van der Waals surface area contributed by atoms with Crippen molar-refractivity contribution >= 4 is 11.7 Å². The van der Waals surface area contributed by atoms with Crippen LogP contribution in [-0.2, 0) is 9.47 Å². The van der Waals surface area contributed by atoms with E-state index < -0.39 is 0 Å². The molecule has 0 aromatic heterocycles. The predicted molar refractivity (Wildman–Crippen MR) is 77.3 cm³/mol. The van der Waals surface area contributed by atoms with Gasteiger partial charge in [-0.05, 0) is 18.6 Å². The first kappa shape index (κ1) is 16.3. The van der Waals surface area contributed by atoms with Gasteiger partial charge in [-0.15, -0.1) is 0 Å². The van der Waals surface area contributed by atoms with Crippen LogP contribution in [0.3, 0.4) is 0 Å². The number of ether oxygens (including phenoxy) is 3. The molecule has 0 unspecified atom stereocenters. The summed E-state index contributed by atoms with van der Waals surface area (Å²) in [6, 6.07) is 7.00. The van der Waals surface area contributed by atoms with E-state index in [1.165, 1.54) is 0 Å². The smallest absolute Gasteiger partial charge is 0.319 e. The van der Waals surface area contributed by atoms with Gasteiger partial charge in [-0.1, -0.05) is 12.1 Å². The first-order valence-corrected chi connectivity index (χ1v) is 6.52. The summed E-state index contributed by atoms with van der Waals surface area (Å²) >= 11 is 0. The van der Waals surface area contributed by atoms with Crippen molar-refractivity contribution in [1.82, 2.24) is 5.32 Å². The summed E-state index contributed by atoms with van der Waals surface area (Å²) in [6.45, 7) is 2.30. The Morgan fingerprint density at radius 1 is 1.15 bits per heavy atom. The second-order valence-electron chi connectivity index (χ2n) is 4.04. The summed E-state index contributed by atoms with van der Waals surface area (Å²) in [5, 5.41) is 5.49. The first-order valence-electron chi connectivity index (χ1n) is 6.52. The number of para-hydroxylation sites is 2. The zero-order valence-corrected chi connectivity index (χ0v) is 12.0. The van der Waals surface area contributed by atoms with Crippen molar-refractivity contribution in [2.45, 2.75) is 6.42 Å². The Bertz CT molecular complexity index is 399. The van der Waals surface area contributed by atoms with Crippen LogP contribution in [0.4, 0.5) is 10.5 Å². The molecule has 0 aliphatic heterocycles. The van der Waals surface area contributed by atoms with E-state index in [9.17, 15) is 4.79 Å². The molecule has 0 atom stereocenters. The molecule has 1 aromatic carbocycles. The summed E-state index contributed by atoms with van der Waals surface area (Å²) in [5.41, 5.74) is 0.642. The quantitative estimate of drug-likeness (QED) is 0.678. The molecule has 0 heterocycles. The number of hydrogen-bond acceptors (Lipinski definition) is 4. The van der Waals surface area contributed by atoms with E-state index in [0.717, 1.165) is 6.42 Å². The van der Waals surface area contributed by atoms with Crippen LogP contribution in [0.2, 0.25) is 0 Å². The Labute approximate surface area is 119 Å². The van der Waals surface area contributed by atoms with Gasteiger partial charge in [0.05, 0.1) is 26.0 Å². The monoisotopic (exact) mass is 282 g/mol. The van der Waals surface area contributed by atoms with Gasteiger partial charge in [0.1, 0.15) is 5.75 Å². The van der Waals surface area contributed by atoms with Crippen molar-refractivity contribution in [3.63, 3.8) is 0 Å². The van der Waals surface area contributed by atoms with Crippen LogP contribution in [0.5, 0.6) is 5.75 Å². The number of nitrogens with one attached hydrogen (secondary N) is 2. The number of urea groups is 1. The van der Waals surface area contributed by atoms with Crippen LogP contribution < -0.4 is 15.4 Å². The molecule has 112 valence electrons. The van der Waals surface area contributed by atoms with E-state index in [-0.39, 0.29) is 6.03 Å². The van der Waals surface area contributed by atoms with Crippen LogP contribution in [0.25, 0.3) is 0 Å². The van der Waals surface area contributed by atoms with Crippen LogP contribution in [0.1, 0.15) is 6.42 Å². The average Bonchev–Trinajstić information content (AvgIpc) is 2.47. The third-order valence-corrected chi connectivity index (χ3v) is 2.54. The van der Waals surface area contributed by atoms with E-state index >= 15 is 0 Å². The normalized spacial score (nSPS) is 10.1. The van der Waals surface area contributed by atoms with Crippen molar-refractivity contribution in [3.8, 4) is 5.75 Å². The molecule has 6 nitrogen and oxygen atoms in total. The lowest BCUT2D eigenvalue weighted by molar-refractivity contribution is 0.0697. The fourth-order valence-corrected chi connectivity index (χ4v) is 1.53. The minimum Gasteiger partial charge on any atom is -0.495 e. The summed E-state index contributed by atoms with van der Waals surface area (Å²) < 4.78 is 15.3. The van der Waals surface area contributed by atoms with Gasteiger partial charge < -0.3 is 24.8 Å². The minimum atomic E-state index is -0.258. The van der Waals surface area contributed by atoms with Gasteiger partial charge in [0, 0.05) is 20.3 Å². The van der Waals surface area contributed by atoms with E-state index in [2.05, 4.69) is 10.6 Å². The molecule has 0 spiro atoms. The molecule has 1 aromatic rings. The summed E-state index contributed by atoms with van der Waals surface area (Å²) in [4.78, 5) is 11.7. The highest BCUT2D eigenvalue weighted by molar-refractivity contribution is 5.90. The van der Waals surface area contributed by atoms with E-state index in [1.807, 2.05) is 12.1 Å². The van der Waals surface area contributed by atoms with E-state index in [4.69, 9.17) is 14.2 Å². The van der Waals surface area contributed by atoms with Crippen LogP contribution in [0.15, 0.2) is 24.3 Å². The number of carbonyl (C=O) groups is 1. The highest BCUT2D eigenvalue weighted by Gasteiger charge is 2.05. The highest BCUT2D eigenvalue weighted by Crippen LogP contribution is 2.22. The Balaban J connectivity index is 2.17. The van der Waals surface area contributed by atoms with Gasteiger partial charge in [0.25, 0.3) is 0 Å². The summed E-state index contributed by atoms with van der Waals surface area (Å²) in [7, 11) is 3.20. The molecule has 0 saturated carbocycles. The van der Waals surface area contributed by atoms with Crippen molar-refractivity contribution in [2.24, 2.45) is 0 Å². The molecule has 2 amide bonds. The largest absolute Gasteiger partial charge is 0.495 e. The maximum absolute atomic E-state index is 11.7. The molecular formula is C14H22N2O4. The van der Waals surface area contributed by atoms with Crippen molar-refractivity contribution in [2.75, 3.05) is 45.9 Å². The zero-order valence-electron chi connectivity index (χ0n) is 12.0. The molecule has 20 heavy (non-hydrogen) atoms. The first-order chi connectivity index (χ1) is 9.77. The lowest BCUT2D eigenvalue weighted by atomic mass is 10.3. The molecular weight excluding hydrogens is 260 g/mol. The third kappa shape index (κ3) is 6.40. The van der Waals surface area contributed by atoms with Crippen molar-refractivity contribution < 1.29 is 19.0 Å². The number of carbonyl (C=O) groups excluding carboxylic acids is 1. The van der Waals surface area contributed by atoms with Crippen molar-refractivity contribution in [3.05, 3.63) is 24.3 Å². The lowest BCUT2D eigenvalue weighted by Gasteiger charge is -2.10. The molecule has 1 rings (SSSR count). The molecule has 0 aliphatic rings. The second-order valence-corrected chi connectivity index (χ2v) is 4.04. The third-order valence-electron chi connectivity index (χ3n) is 2.54. The SMILES string of the molecule is COCCOCCCNC(=O)Nc1ccccc1OC. The topological polar surface area (TPSA) is 68.8 Å². The van der Waals surface area contributed by atoms with Crippen LogP contribution >= 0.6 is 0 Å². The predicted octanol–water partition coefficient (Wildman–Crippen LogP) is 1.87. The maximum atomic E-state index is 11.7. The molecule has 0 fully saturated rings. The van der Waals surface area contributed by atoms with Crippen LogP contribution in [0, 0.1) is 0 Å². The van der Waals surface area contributed by atoms with Crippen LogP contribution in [-0.4, -0.2) is 46.6 Å². The Morgan fingerprint density at radius 3 is 2.70 bits per heavy atom. The van der Waals surface area contributed by atoms with Crippen molar-refractivity contribution in [1.29, 1.82) is 0 Å². The molecule has 0 aliphatic carbocycles. The molecule has 0 bridgehead atoms. The van der Waals surface area contributed by atoms with Gasteiger partial charge in [-0.25, -0.2) is 4.79 Å². The van der Waals surface area contributed by atoms with Gasteiger partial charge in [-0.2, -0.15) is 0 Å². The Kier molecular flexibility index (Phi) is 8.17. The molecule has 6 heteroatoms. The van der Waals surface area contributed by atoms with Gasteiger partial charge in [0.15, 0.2) is 0 Å². The molecule has 0 radical (unpaired) electrons. The fraction of sp³-hybridized carbons (Fsp3) is 0.500. The number of benzene rings is 1. The number of rotatable bonds is 9. The van der Waals surface area contributed by atoms with E-state index in [0.29, 0.717) is 37.8 Å². The number of anilines is 1. The molecule has 2 N–H and O–H groups in total. The minimum absolute atomic E-state index is 0.258. The zero-order chi connectivity index (χ0) is 14.6. The number of hydrogen-bond donors (Lipinski definition) is 2. The van der Waals surface area contributed by atoms with Gasteiger partial charge in [-0.3, -0.25) is 0 Å². The fourth-order valence-electron chi connectivity index (χ4n) is 1.53. The molecule has 0 saturated heterocycles. The summed E-state index contributed by atoms with van der Waals surface area (Å²) in [6.07, 6.45) is 0.753. The standard InChI is InChI=1S/C14H22N2O4/c1-18-10-11-20-9-5-8-15-14(17)16-12-6-3-4-7-13(12)19-2/h3-4,6-7H,5,8-11H2,1-2H3,(H2,15,16,17). The number of methoxy groups -OCH3 is 2. The lowest BCUT2D eigenvalue weighted by Crippen LogP contribution is -2.30. The van der Waals surface area contributed by atoms with Gasteiger partial charge in [0.2, 0.25) is 0 Å². The number of amides is 2. The van der Waals surface area contributed by atoms with Gasteiger partial charge >= 0.3 is 6.03 Å². The summed E-state index contributed by atoms with van der Waals surface area (Å²) in [5.74, 6) is 0.630.